The van der Waals surface area contributed by atoms with Crippen LogP contribution in [0.1, 0.15) is 32.3 Å². The smallest absolute Gasteiger partial charge is 0.298 e. The summed E-state index contributed by atoms with van der Waals surface area (Å²) in [6.07, 6.45) is 0.558. The van der Waals surface area contributed by atoms with E-state index in [1.54, 1.807) is 0 Å². The molecule has 130 valence electrons. The van der Waals surface area contributed by atoms with Gasteiger partial charge in [-0.2, -0.15) is 4.98 Å². The van der Waals surface area contributed by atoms with E-state index < -0.39 is 17.7 Å². The highest BCUT2D eigenvalue weighted by Gasteiger charge is 2.55. The van der Waals surface area contributed by atoms with E-state index >= 15 is 0 Å². The van der Waals surface area contributed by atoms with Crippen molar-refractivity contribution in [2.45, 2.75) is 33.1 Å². The Bertz CT molecular complexity index is 747. The third-order valence-electron chi connectivity index (χ3n) is 4.92. The Hall–Kier alpha value is -2.22. The number of ether oxygens (including phenoxy) is 1. The van der Waals surface area contributed by atoms with Crippen LogP contribution in [0.3, 0.4) is 0 Å². The fourth-order valence-electron chi connectivity index (χ4n) is 3.66. The van der Waals surface area contributed by atoms with Gasteiger partial charge in [0.05, 0.1) is 12.7 Å². The molecule has 1 aromatic heterocycles. The van der Waals surface area contributed by atoms with Crippen LogP contribution in [0.15, 0.2) is 4.79 Å². The van der Waals surface area contributed by atoms with Gasteiger partial charge in [0.25, 0.3) is 11.6 Å². The van der Waals surface area contributed by atoms with E-state index in [1.165, 1.54) is 12.0 Å². The number of fused-ring (bicyclic) bond motifs is 1. The Balaban J connectivity index is 2.11. The summed E-state index contributed by atoms with van der Waals surface area (Å²) in [4.78, 5) is 46.0. The van der Waals surface area contributed by atoms with Gasteiger partial charge in [-0.25, -0.2) is 0 Å². The summed E-state index contributed by atoms with van der Waals surface area (Å²) in [5.74, 6) is -0.0969. The van der Waals surface area contributed by atoms with Crippen molar-refractivity contribution in [1.29, 1.82) is 0 Å². The molecule has 2 N–H and O–H groups in total. The molecule has 1 aliphatic carbocycles. The maximum absolute atomic E-state index is 12.8. The Morgan fingerprint density at radius 1 is 1.21 bits per heavy atom. The second-order valence-corrected chi connectivity index (χ2v) is 7.34. The first-order valence-corrected chi connectivity index (χ1v) is 7.82. The Morgan fingerprint density at radius 3 is 2.38 bits per heavy atom. The van der Waals surface area contributed by atoms with Crippen LogP contribution in [0.2, 0.25) is 0 Å². The zero-order chi connectivity index (χ0) is 17.7. The number of aromatic amines is 1. The Kier molecular flexibility index (Phi) is 3.75. The molecule has 0 unspecified atom stereocenters. The summed E-state index contributed by atoms with van der Waals surface area (Å²) in [5.41, 5.74) is -1.89. The van der Waals surface area contributed by atoms with E-state index in [0.717, 1.165) is 0 Å². The molecular formula is C16H21N3O5. The number of aliphatic hydroxyl groups is 1. The van der Waals surface area contributed by atoms with Gasteiger partial charge in [-0.1, -0.05) is 13.8 Å². The van der Waals surface area contributed by atoms with Crippen molar-refractivity contribution in [2.24, 2.45) is 10.8 Å². The zero-order valence-electron chi connectivity index (χ0n) is 14.0. The van der Waals surface area contributed by atoms with Crippen LogP contribution in [-0.4, -0.2) is 47.0 Å². The van der Waals surface area contributed by atoms with Crippen molar-refractivity contribution < 1.29 is 19.4 Å². The minimum atomic E-state index is -1.28. The van der Waals surface area contributed by atoms with Crippen LogP contribution in [0.4, 0.5) is 5.82 Å². The summed E-state index contributed by atoms with van der Waals surface area (Å²) >= 11 is 0. The molecule has 0 saturated heterocycles. The van der Waals surface area contributed by atoms with Gasteiger partial charge in [0, 0.05) is 25.8 Å². The van der Waals surface area contributed by atoms with E-state index in [-0.39, 0.29) is 60.2 Å². The van der Waals surface area contributed by atoms with Crippen LogP contribution in [-0.2, 0) is 16.0 Å². The van der Waals surface area contributed by atoms with Gasteiger partial charge < -0.3 is 14.7 Å². The lowest BCUT2D eigenvalue weighted by Crippen LogP contribution is -2.58. The van der Waals surface area contributed by atoms with E-state index in [9.17, 15) is 19.5 Å². The van der Waals surface area contributed by atoms with Crippen LogP contribution in [0.25, 0.3) is 0 Å². The highest BCUT2D eigenvalue weighted by Crippen LogP contribution is 2.45. The number of hydrogen-bond donors (Lipinski definition) is 2. The van der Waals surface area contributed by atoms with E-state index in [2.05, 4.69) is 9.97 Å². The molecule has 0 bridgehead atoms. The molecule has 2 aliphatic rings. The van der Waals surface area contributed by atoms with Crippen LogP contribution < -0.4 is 15.2 Å². The summed E-state index contributed by atoms with van der Waals surface area (Å²) in [6, 6.07) is 0.0237. The number of anilines is 1. The molecule has 1 aliphatic heterocycles. The second kappa shape index (κ2) is 5.41. The van der Waals surface area contributed by atoms with Crippen molar-refractivity contribution in [3.05, 3.63) is 15.9 Å². The van der Waals surface area contributed by atoms with Gasteiger partial charge in [-0.3, -0.25) is 19.4 Å². The lowest BCUT2D eigenvalue weighted by Gasteiger charge is -2.45. The largest absolute Gasteiger partial charge is 0.468 e. The number of nitrogens with zero attached hydrogens (tertiary/aromatic N) is 2. The number of H-pyrrole nitrogens is 1. The van der Waals surface area contributed by atoms with E-state index in [0.29, 0.717) is 0 Å². The number of methoxy groups -OCH3 is 1. The normalized spacial score (nSPS) is 21.8. The molecule has 24 heavy (non-hydrogen) atoms. The summed E-state index contributed by atoms with van der Waals surface area (Å²) in [5, 5.41) is 9.69. The van der Waals surface area contributed by atoms with Crippen LogP contribution >= 0.6 is 0 Å². The molecule has 0 radical (unpaired) electrons. The number of carbonyl (C=O) groups is 2. The number of rotatable bonds is 2. The summed E-state index contributed by atoms with van der Waals surface area (Å²) in [7, 11) is 1.37. The van der Waals surface area contributed by atoms with Gasteiger partial charge in [-0.05, 0) is 5.41 Å². The predicted molar refractivity (Wildman–Crippen MR) is 85.0 cm³/mol. The molecule has 2 heterocycles. The van der Waals surface area contributed by atoms with Gasteiger partial charge in [0.15, 0.2) is 0 Å². The topological polar surface area (TPSA) is 113 Å². The Labute approximate surface area is 138 Å². The minimum absolute atomic E-state index is 0.0128. The molecule has 1 fully saturated rings. The fraction of sp³-hybridized carbons (Fsp3) is 0.625. The first kappa shape index (κ1) is 16.6. The molecule has 3 rings (SSSR count). The number of hydrogen-bond acceptors (Lipinski definition) is 7. The third-order valence-corrected chi connectivity index (χ3v) is 4.92. The molecule has 0 atom stereocenters. The van der Waals surface area contributed by atoms with Crippen molar-refractivity contribution in [1.82, 2.24) is 9.97 Å². The average Bonchev–Trinajstić information content (AvgIpc) is 2.51. The van der Waals surface area contributed by atoms with Crippen LogP contribution in [0, 0.1) is 10.8 Å². The molecule has 8 nitrogen and oxygen atoms in total. The lowest BCUT2D eigenvalue weighted by atomic mass is 9.60. The molecule has 1 aromatic rings. The predicted octanol–water partition coefficient (Wildman–Crippen LogP) is 0.0354. The van der Waals surface area contributed by atoms with E-state index in [1.807, 2.05) is 13.8 Å². The number of carbonyl (C=O) groups excluding carboxylic acids is 2. The first-order chi connectivity index (χ1) is 11.2. The average molecular weight is 335 g/mol. The number of Topliss-reactive ketones (excluding diaryl/α,β-unsaturated/α-hetero) is 2. The molecule has 0 aromatic carbocycles. The maximum atomic E-state index is 12.8. The van der Waals surface area contributed by atoms with Gasteiger partial charge in [-0.15, -0.1) is 0 Å². The van der Waals surface area contributed by atoms with Crippen molar-refractivity contribution in [2.75, 3.05) is 25.3 Å². The van der Waals surface area contributed by atoms with Crippen LogP contribution in [0.5, 0.6) is 6.01 Å². The Morgan fingerprint density at radius 2 is 1.83 bits per heavy atom. The highest BCUT2D eigenvalue weighted by molar-refractivity contribution is 6.11. The number of aliphatic hydroxyl groups excluding tert-OH is 1. The van der Waals surface area contributed by atoms with Gasteiger partial charge in [0.2, 0.25) is 0 Å². The van der Waals surface area contributed by atoms with Crippen molar-refractivity contribution in [3.63, 3.8) is 0 Å². The lowest BCUT2D eigenvalue weighted by molar-refractivity contribution is -0.148. The van der Waals surface area contributed by atoms with Gasteiger partial charge in [0.1, 0.15) is 29.5 Å². The molecule has 1 spiro atoms. The summed E-state index contributed by atoms with van der Waals surface area (Å²) < 4.78 is 4.95. The SMILES string of the molecule is COc1nc2c(c(=O)[nH]1)CC1(CN2CO)C(=O)CC(C)(C)CC1=O. The second-order valence-electron chi connectivity index (χ2n) is 7.34. The summed E-state index contributed by atoms with van der Waals surface area (Å²) in [6.45, 7) is 3.35. The van der Waals surface area contributed by atoms with Crippen molar-refractivity contribution in [3.8, 4) is 6.01 Å². The maximum Gasteiger partial charge on any atom is 0.298 e. The molecule has 0 amide bonds. The minimum Gasteiger partial charge on any atom is -0.468 e. The highest BCUT2D eigenvalue weighted by atomic mass is 16.5. The molecule has 1 saturated carbocycles. The molecule has 8 heteroatoms. The fourth-order valence-corrected chi connectivity index (χ4v) is 3.66. The van der Waals surface area contributed by atoms with Crippen molar-refractivity contribution >= 4 is 17.4 Å². The standard InChI is InChI=1S/C16H21N3O5/c1-15(2)5-10(21)16(11(22)6-15)4-9-12(19(7-16)8-20)17-14(24-3)18-13(9)23/h20H,4-8H2,1-3H3,(H,17,18,23). The monoisotopic (exact) mass is 335 g/mol. The molecular weight excluding hydrogens is 314 g/mol. The zero-order valence-corrected chi connectivity index (χ0v) is 14.0. The third kappa shape index (κ3) is 2.41. The number of nitrogens with one attached hydrogen (secondary N) is 1. The number of ketones is 2. The van der Waals surface area contributed by atoms with E-state index in [4.69, 9.17) is 4.74 Å². The van der Waals surface area contributed by atoms with Gasteiger partial charge >= 0.3 is 0 Å². The number of aromatic nitrogens is 2. The first-order valence-electron chi connectivity index (χ1n) is 7.82. The quantitative estimate of drug-likeness (QED) is 0.733.